The molecule has 0 bridgehead atoms. The van der Waals surface area contributed by atoms with Gasteiger partial charge in [-0.15, -0.1) is 0 Å². The molecule has 1 amide bonds. The molecule has 1 heterocycles. The molecule has 1 N–H and O–H groups in total. The molecule has 5 heteroatoms. The molecule has 148 valence electrons. The molecule has 0 radical (unpaired) electrons. The standard InChI is InChI=1S/C24H22FNO3/c1-16-7-5-6-10-21(16)22-13-19(25)11-18-12-20(29-23(18)22)14-26-24(27)28-15-17-8-3-2-4-9-17/h2-11,13,20H,12,14-15H2,1H3,(H,26,27). The van der Waals surface area contributed by atoms with E-state index in [2.05, 4.69) is 5.32 Å². The van der Waals surface area contributed by atoms with Crippen molar-refractivity contribution < 1.29 is 18.7 Å². The zero-order chi connectivity index (χ0) is 20.2. The Kier molecular flexibility index (Phi) is 5.47. The minimum absolute atomic E-state index is 0.209. The molecule has 0 spiro atoms. The smallest absolute Gasteiger partial charge is 0.407 e. The van der Waals surface area contributed by atoms with Crippen LogP contribution in [0.2, 0.25) is 0 Å². The number of carbonyl (C=O) groups is 1. The van der Waals surface area contributed by atoms with Gasteiger partial charge in [-0.05, 0) is 35.7 Å². The minimum Gasteiger partial charge on any atom is -0.487 e. The average molecular weight is 391 g/mol. The molecular weight excluding hydrogens is 369 g/mol. The number of halogens is 1. The van der Waals surface area contributed by atoms with Crippen molar-refractivity contribution in [3.63, 3.8) is 0 Å². The summed E-state index contributed by atoms with van der Waals surface area (Å²) >= 11 is 0. The summed E-state index contributed by atoms with van der Waals surface area (Å²) in [4.78, 5) is 12.0. The van der Waals surface area contributed by atoms with E-state index in [1.54, 1.807) is 0 Å². The summed E-state index contributed by atoms with van der Waals surface area (Å²) in [7, 11) is 0. The Bertz CT molecular complexity index is 1020. The topological polar surface area (TPSA) is 47.6 Å². The van der Waals surface area contributed by atoms with Crippen molar-refractivity contribution in [2.24, 2.45) is 0 Å². The molecule has 0 aromatic heterocycles. The van der Waals surface area contributed by atoms with E-state index in [1.165, 1.54) is 12.1 Å². The summed E-state index contributed by atoms with van der Waals surface area (Å²) in [5.41, 5.74) is 4.47. The monoisotopic (exact) mass is 391 g/mol. The van der Waals surface area contributed by atoms with Crippen molar-refractivity contribution in [1.82, 2.24) is 5.32 Å². The summed E-state index contributed by atoms with van der Waals surface area (Å²) in [5, 5.41) is 2.74. The Morgan fingerprint density at radius 1 is 1.10 bits per heavy atom. The lowest BCUT2D eigenvalue weighted by Crippen LogP contribution is -2.34. The highest BCUT2D eigenvalue weighted by molar-refractivity contribution is 5.75. The van der Waals surface area contributed by atoms with Crippen LogP contribution in [0.5, 0.6) is 5.75 Å². The van der Waals surface area contributed by atoms with E-state index in [4.69, 9.17) is 9.47 Å². The second kappa shape index (κ2) is 8.35. The Balaban J connectivity index is 1.40. The number of amides is 1. The second-order valence-corrected chi connectivity index (χ2v) is 7.14. The summed E-state index contributed by atoms with van der Waals surface area (Å²) < 4.78 is 25.5. The SMILES string of the molecule is Cc1ccccc1-c1cc(F)cc2c1OC(CNC(=O)OCc1ccccc1)C2. The first kappa shape index (κ1) is 19.0. The lowest BCUT2D eigenvalue weighted by molar-refractivity contribution is 0.133. The molecule has 0 fully saturated rings. The van der Waals surface area contributed by atoms with E-state index in [9.17, 15) is 9.18 Å². The Morgan fingerprint density at radius 2 is 1.86 bits per heavy atom. The molecule has 4 rings (SSSR count). The number of carbonyl (C=O) groups excluding carboxylic acids is 1. The number of fused-ring (bicyclic) bond motifs is 1. The molecule has 0 aliphatic carbocycles. The highest BCUT2D eigenvalue weighted by Gasteiger charge is 2.27. The van der Waals surface area contributed by atoms with Gasteiger partial charge in [0.1, 0.15) is 24.3 Å². The highest BCUT2D eigenvalue weighted by atomic mass is 19.1. The number of nitrogens with one attached hydrogen (secondary N) is 1. The van der Waals surface area contributed by atoms with E-state index >= 15 is 0 Å². The fourth-order valence-corrected chi connectivity index (χ4v) is 3.55. The molecule has 0 saturated heterocycles. The zero-order valence-corrected chi connectivity index (χ0v) is 16.2. The number of hydrogen-bond acceptors (Lipinski definition) is 3. The van der Waals surface area contributed by atoms with Gasteiger partial charge in [0.2, 0.25) is 0 Å². The first-order chi connectivity index (χ1) is 14.1. The Morgan fingerprint density at radius 3 is 2.66 bits per heavy atom. The third-order valence-corrected chi connectivity index (χ3v) is 4.98. The van der Waals surface area contributed by atoms with Gasteiger partial charge in [-0.2, -0.15) is 0 Å². The Labute approximate surface area is 169 Å². The maximum atomic E-state index is 14.2. The quantitative estimate of drug-likeness (QED) is 0.664. The number of aryl methyl sites for hydroxylation is 1. The van der Waals surface area contributed by atoms with Crippen molar-refractivity contribution in [3.05, 3.63) is 89.2 Å². The predicted octanol–water partition coefficient (Wildman–Crippen LogP) is 5.03. The number of hydrogen-bond donors (Lipinski definition) is 1. The molecule has 1 atom stereocenters. The van der Waals surface area contributed by atoms with Crippen LogP contribution in [-0.2, 0) is 17.8 Å². The van der Waals surface area contributed by atoms with Gasteiger partial charge in [0.05, 0.1) is 6.54 Å². The van der Waals surface area contributed by atoms with Crippen molar-refractivity contribution in [2.75, 3.05) is 6.54 Å². The Hall–Kier alpha value is -3.34. The van der Waals surface area contributed by atoms with Crippen molar-refractivity contribution in [3.8, 4) is 16.9 Å². The summed E-state index contributed by atoms with van der Waals surface area (Å²) in [6.45, 7) is 2.49. The van der Waals surface area contributed by atoms with Crippen molar-refractivity contribution in [1.29, 1.82) is 0 Å². The van der Waals surface area contributed by atoms with E-state index in [0.29, 0.717) is 12.2 Å². The fourth-order valence-electron chi connectivity index (χ4n) is 3.55. The molecule has 4 nitrogen and oxygen atoms in total. The van der Waals surface area contributed by atoms with Gasteiger partial charge in [0.15, 0.2) is 0 Å². The lowest BCUT2D eigenvalue weighted by atomic mass is 9.97. The van der Waals surface area contributed by atoms with Gasteiger partial charge in [0.25, 0.3) is 0 Å². The van der Waals surface area contributed by atoms with E-state index in [0.717, 1.165) is 27.8 Å². The molecule has 1 aliphatic heterocycles. The maximum Gasteiger partial charge on any atom is 0.407 e. The van der Waals surface area contributed by atoms with Crippen LogP contribution in [0.15, 0.2) is 66.7 Å². The third-order valence-electron chi connectivity index (χ3n) is 4.98. The predicted molar refractivity (Wildman–Crippen MR) is 109 cm³/mol. The molecule has 29 heavy (non-hydrogen) atoms. The average Bonchev–Trinajstić information content (AvgIpc) is 3.14. The van der Waals surface area contributed by atoms with Gasteiger partial charge in [-0.3, -0.25) is 0 Å². The number of rotatable bonds is 5. The van der Waals surface area contributed by atoms with E-state index in [1.807, 2.05) is 61.5 Å². The molecular formula is C24H22FNO3. The lowest BCUT2D eigenvalue weighted by Gasteiger charge is -2.14. The first-order valence-electron chi connectivity index (χ1n) is 9.60. The highest BCUT2D eigenvalue weighted by Crippen LogP contribution is 2.40. The van der Waals surface area contributed by atoms with E-state index < -0.39 is 6.09 Å². The third kappa shape index (κ3) is 4.40. The van der Waals surface area contributed by atoms with Gasteiger partial charge in [0, 0.05) is 17.5 Å². The van der Waals surface area contributed by atoms with Crippen molar-refractivity contribution >= 4 is 6.09 Å². The normalized spacial score (nSPS) is 14.8. The van der Waals surface area contributed by atoms with Crippen LogP contribution in [0.3, 0.4) is 0 Å². The summed E-state index contributed by atoms with van der Waals surface area (Å²) in [5.74, 6) is 0.395. The minimum atomic E-state index is -0.501. The largest absolute Gasteiger partial charge is 0.487 e. The number of alkyl carbamates (subject to hydrolysis) is 1. The van der Waals surface area contributed by atoms with Crippen LogP contribution in [0.1, 0.15) is 16.7 Å². The summed E-state index contributed by atoms with van der Waals surface area (Å²) in [6, 6.07) is 20.3. The summed E-state index contributed by atoms with van der Waals surface area (Å²) in [6.07, 6.45) is -0.233. The molecule has 1 unspecified atom stereocenters. The first-order valence-corrected chi connectivity index (χ1v) is 9.60. The zero-order valence-electron chi connectivity index (χ0n) is 16.2. The number of ether oxygens (including phenoxy) is 2. The van der Waals surface area contributed by atoms with Crippen LogP contribution < -0.4 is 10.1 Å². The van der Waals surface area contributed by atoms with Crippen LogP contribution in [-0.4, -0.2) is 18.7 Å². The van der Waals surface area contributed by atoms with E-state index in [-0.39, 0.29) is 25.1 Å². The van der Waals surface area contributed by atoms with Crippen LogP contribution >= 0.6 is 0 Å². The fraction of sp³-hybridized carbons (Fsp3) is 0.208. The van der Waals surface area contributed by atoms with Crippen LogP contribution in [0, 0.1) is 12.7 Å². The van der Waals surface area contributed by atoms with Gasteiger partial charge in [-0.1, -0.05) is 54.6 Å². The molecule has 0 saturated carbocycles. The van der Waals surface area contributed by atoms with Gasteiger partial charge in [-0.25, -0.2) is 9.18 Å². The van der Waals surface area contributed by atoms with Gasteiger partial charge >= 0.3 is 6.09 Å². The van der Waals surface area contributed by atoms with Crippen LogP contribution in [0.25, 0.3) is 11.1 Å². The molecule has 1 aliphatic rings. The molecule has 3 aromatic carbocycles. The number of benzene rings is 3. The maximum absolute atomic E-state index is 14.2. The van der Waals surface area contributed by atoms with Crippen LogP contribution in [0.4, 0.5) is 9.18 Å². The molecule has 3 aromatic rings. The van der Waals surface area contributed by atoms with Crippen molar-refractivity contribution in [2.45, 2.75) is 26.1 Å². The second-order valence-electron chi connectivity index (χ2n) is 7.14. The van der Waals surface area contributed by atoms with Gasteiger partial charge < -0.3 is 14.8 Å².